The molecule has 0 amide bonds. The Bertz CT molecular complexity index is 233. The standard InChI is InChI=1S/C15H30N2/c1-4-13(3)11-17-12-15(8-6-7-9-15)16-10-14(17)5-2/h13-14,16H,4-12H2,1-3H3. The van der Waals surface area contributed by atoms with Crippen LogP contribution in [-0.2, 0) is 0 Å². The van der Waals surface area contributed by atoms with Gasteiger partial charge in [0.2, 0.25) is 0 Å². The van der Waals surface area contributed by atoms with E-state index in [0.717, 1.165) is 12.0 Å². The van der Waals surface area contributed by atoms with E-state index < -0.39 is 0 Å². The van der Waals surface area contributed by atoms with Crippen molar-refractivity contribution in [1.82, 2.24) is 10.2 Å². The van der Waals surface area contributed by atoms with Crippen LogP contribution in [0.3, 0.4) is 0 Å². The van der Waals surface area contributed by atoms with Crippen LogP contribution in [0.2, 0.25) is 0 Å². The highest BCUT2D eigenvalue weighted by molar-refractivity contribution is 5.00. The summed E-state index contributed by atoms with van der Waals surface area (Å²) < 4.78 is 0. The zero-order chi connectivity index (χ0) is 12.3. The Morgan fingerprint density at radius 1 is 1.29 bits per heavy atom. The SMILES string of the molecule is CCC(C)CN1CC2(CCCC2)NCC1CC. The molecule has 2 atom stereocenters. The van der Waals surface area contributed by atoms with Gasteiger partial charge in [0.1, 0.15) is 0 Å². The minimum Gasteiger partial charge on any atom is -0.308 e. The van der Waals surface area contributed by atoms with Gasteiger partial charge in [-0.1, -0.05) is 40.0 Å². The van der Waals surface area contributed by atoms with Crippen molar-refractivity contribution in [3.8, 4) is 0 Å². The summed E-state index contributed by atoms with van der Waals surface area (Å²) in [6, 6.07) is 0.773. The smallest absolute Gasteiger partial charge is 0.0309 e. The highest BCUT2D eigenvalue weighted by atomic mass is 15.3. The van der Waals surface area contributed by atoms with E-state index in [0.29, 0.717) is 5.54 Å². The molecule has 2 unspecified atom stereocenters. The van der Waals surface area contributed by atoms with E-state index in [2.05, 4.69) is 31.0 Å². The Hall–Kier alpha value is -0.0800. The molecular formula is C15H30N2. The molecule has 1 aliphatic carbocycles. The van der Waals surface area contributed by atoms with Gasteiger partial charge in [0.05, 0.1) is 0 Å². The molecule has 1 spiro atoms. The molecule has 0 bridgehead atoms. The summed E-state index contributed by atoms with van der Waals surface area (Å²) in [6.07, 6.45) is 8.27. The van der Waals surface area contributed by atoms with Crippen molar-refractivity contribution in [2.75, 3.05) is 19.6 Å². The largest absolute Gasteiger partial charge is 0.308 e. The molecule has 1 saturated carbocycles. The summed E-state index contributed by atoms with van der Waals surface area (Å²) >= 11 is 0. The maximum Gasteiger partial charge on any atom is 0.0309 e. The number of rotatable bonds is 4. The van der Waals surface area contributed by atoms with E-state index in [1.54, 1.807) is 0 Å². The van der Waals surface area contributed by atoms with Crippen LogP contribution in [0.5, 0.6) is 0 Å². The average molecular weight is 238 g/mol. The lowest BCUT2D eigenvalue weighted by Gasteiger charge is -2.47. The van der Waals surface area contributed by atoms with Crippen molar-refractivity contribution in [3.63, 3.8) is 0 Å². The van der Waals surface area contributed by atoms with Crippen LogP contribution < -0.4 is 5.32 Å². The average Bonchev–Trinajstić information content (AvgIpc) is 2.78. The zero-order valence-electron chi connectivity index (χ0n) is 12.0. The lowest BCUT2D eigenvalue weighted by molar-refractivity contribution is 0.0657. The summed E-state index contributed by atoms with van der Waals surface area (Å²) in [5, 5.41) is 3.88. The second-order valence-electron chi connectivity index (χ2n) is 6.37. The second kappa shape index (κ2) is 5.71. The van der Waals surface area contributed by atoms with Gasteiger partial charge in [-0.15, -0.1) is 0 Å². The van der Waals surface area contributed by atoms with E-state index in [9.17, 15) is 0 Å². The van der Waals surface area contributed by atoms with Gasteiger partial charge in [-0.3, -0.25) is 4.90 Å². The Labute approximate surface area is 107 Å². The van der Waals surface area contributed by atoms with Gasteiger partial charge < -0.3 is 5.32 Å². The van der Waals surface area contributed by atoms with Crippen molar-refractivity contribution in [2.24, 2.45) is 5.92 Å². The molecule has 0 aromatic carbocycles. The zero-order valence-corrected chi connectivity index (χ0v) is 12.0. The molecule has 2 heteroatoms. The van der Waals surface area contributed by atoms with Gasteiger partial charge in [-0.05, 0) is 25.2 Å². The lowest BCUT2D eigenvalue weighted by Crippen LogP contribution is -2.63. The lowest BCUT2D eigenvalue weighted by atomic mass is 9.90. The first kappa shape index (κ1) is 13.4. The first-order valence-corrected chi connectivity index (χ1v) is 7.68. The number of nitrogens with zero attached hydrogens (tertiary/aromatic N) is 1. The molecule has 2 fully saturated rings. The molecule has 0 aromatic rings. The monoisotopic (exact) mass is 238 g/mol. The minimum absolute atomic E-state index is 0.485. The number of hydrogen-bond acceptors (Lipinski definition) is 2. The summed E-state index contributed by atoms with van der Waals surface area (Å²) in [7, 11) is 0. The van der Waals surface area contributed by atoms with Crippen LogP contribution in [0.4, 0.5) is 0 Å². The maximum atomic E-state index is 3.88. The fraction of sp³-hybridized carbons (Fsp3) is 1.00. The third kappa shape index (κ3) is 3.03. The molecule has 1 N–H and O–H groups in total. The molecule has 0 aromatic heterocycles. The highest BCUT2D eigenvalue weighted by Gasteiger charge is 2.40. The van der Waals surface area contributed by atoms with E-state index in [1.807, 2.05) is 0 Å². The molecule has 2 nitrogen and oxygen atoms in total. The van der Waals surface area contributed by atoms with Crippen molar-refractivity contribution in [1.29, 1.82) is 0 Å². The van der Waals surface area contributed by atoms with Gasteiger partial charge in [0, 0.05) is 31.2 Å². The number of nitrogens with one attached hydrogen (secondary N) is 1. The van der Waals surface area contributed by atoms with E-state index >= 15 is 0 Å². The highest BCUT2D eigenvalue weighted by Crippen LogP contribution is 2.33. The van der Waals surface area contributed by atoms with E-state index in [-0.39, 0.29) is 0 Å². The third-order valence-electron chi connectivity index (χ3n) is 5.01. The van der Waals surface area contributed by atoms with Crippen LogP contribution in [0, 0.1) is 5.92 Å². The minimum atomic E-state index is 0.485. The van der Waals surface area contributed by atoms with Gasteiger partial charge in [0.25, 0.3) is 0 Å². The van der Waals surface area contributed by atoms with Crippen molar-refractivity contribution in [2.45, 2.75) is 70.9 Å². The molecule has 1 saturated heterocycles. The number of piperazine rings is 1. The first-order chi connectivity index (χ1) is 8.19. The molecule has 0 radical (unpaired) electrons. The Kier molecular flexibility index (Phi) is 4.48. The maximum absolute atomic E-state index is 3.88. The van der Waals surface area contributed by atoms with Crippen LogP contribution >= 0.6 is 0 Å². The topological polar surface area (TPSA) is 15.3 Å². The quantitative estimate of drug-likeness (QED) is 0.810. The molecule has 2 rings (SSSR count). The van der Waals surface area contributed by atoms with Crippen molar-refractivity contribution >= 4 is 0 Å². The molecule has 2 aliphatic rings. The van der Waals surface area contributed by atoms with Crippen LogP contribution in [0.25, 0.3) is 0 Å². The molecule has 17 heavy (non-hydrogen) atoms. The van der Waals surface area contributed by atoms with Gasteiger partial charge in [-0.2, -0.15) is 0 Å². The fourth-order valence-electron chi connectivity index (χ4n) is 3.57. The van der Waals surface area contributed by atoms with E-state index in [1.165, 1.54) is 58.2 Å². The summed E-state index contributed by atoms with van der Waals surface area (Å²) in [4.78, 5) is 2.79. The fourth-order valence-corrected chi connectivity index (χ4v) is 3.57. The summed E-state index contributed by atoms with van der Waals surface area (Å²) in [5.41, 5.74) is 0.485. The number of hydrogen-bond donors (Lipinski definition) is 1. The van der Waals surface area contributed by atoms with Crippen LogP contribution in [0.1, 0.15) is 59.3 Å². The van der Waals surface area contributed by atoms with Gasteiger partial charge in [-0.25, -0.2) is 0 Å². The van der Waals surface area contributed by atoms with Crippen molar-refractivity contribution in [3.05, 3.63) is 0 Å². The molecular weight excluding hydrogens is 208 g/mol. The van der Waals surface area contributed by atoms with Crippen LogP contribution in [0.15, 0.2) is 0 Å². The Morgan fingerprint density at radius 2 is 2.00 bits per heavy atom. The molecule has 1 heterocycles. The normalized spacial score (nSPS) is 30.9. The predicted molar refractivity (Wildman–Crippen MR) is 74.3 cm³/mol. The molecule has 100 valence electrons. The second-order valence-corrected chi connectivity index (χ2v) is 6.37. The third-order valence-corrected chi connectivity index (χ3v) is 5.01. The molecule has 1 aliphatic heterocycles. The van der Waals surface area contributed by atoms with Crippen molar-refractivity contribution < 1.29 is 0 Å². The van der Waals surface area contributed by atoms with Crippen LogP contribution in [-0.4, -0.2) is 36.1 Å². The summed E-state index contributed by atoms with van der Waals surface area (Å²) in [5.74, 6) is 0.848. The van der Waals surface area contributed by atoms with Gasteiger partial charge in [0.15, 0.2) is 0 Å². The van der Waals surface area contributed by atoms with Gasteiger partial charge >= 0.3 is 0 Å². The predicted octanol–water partition coefficient (Wildman–Crippen LogP) is 3.03. The Balaban J connectivity index is 1.98. The Morgan fingerprint density at radius 3 is 2.59 bits per heavy atom. The van der Waals surface area contributed by atoms with E-state index in [4.69, 9.17) is 0 Å². The summed E-state index contributed by atoms with van der Waals surface area (Å²) in [6.45, 7) is 10.9. The first-order valence-electron chi connectivity index (χ1n) is 7.68.